The van der Waals surface area contributed by atoms with Crippen LogP contribution in [0.15, 0.2) is 48.5 Å². The van der Waals surface area contributed by atoms with Gasteiger partial charge in [-0.2, -0.15) is 0 Å². The maximum absolute atomic E-state index is 12.6. The first-order chi connectivity index (χ1) is 12.5. The molecular weight excluding hydrogens is 350 g/mol. The highest BCUT2D eigenvalue weighted by molar-refractivity contribution is 6.31. The number of para-hydroxylation sites is 1. The van der Waals surface area contributed by atoms with Gasteiger partial charge in [0.05, 0.1) is 5.92 Å². The van der Waals surface area contributed by atoms with Gasteiger partial charge in [0.15, 0.2) is 0 Å². The molecule has 1 saturated heterocycles. The Balaban J connectivity index is 1.61. The summed E-state index contributed by atoms with van der Waals surface area (Å²) >= 11 is 6.02. The molecule has 2 aromatic carbocycles. The molecule has 1 aliphatic rings. The molecule has 136 valence electrons. The van der Waals surface area contributed by atoms with E-state index in [0.717, 1.165) is 24.1 Å². The van der Waals surface area contributed by atoms with E-state index in [1.807, 2.05) is 43.3 Å². The van der Waals surface area contributed by atoms with Crippen molar-refractivity contribution in [3.05, 3.63) is 59.1 Å². The zero-order valence-corrected chi connectivity index (χ0v) is 15.4. The van der Waals surface area contributed by atoms with Crippen LogP contribution in [0.2, 0.25) is 5.02 Å². The number of rotatable bonds is 3. The minimum Gasteiger partial charge on any atom is -0.325 e. The van der Waals surface area contributed by atoms with Crippen LogP contribution in [0, 0.1) is 12.8 Å². The lowest BCUT2D eigenvalue weighted by Crippen LogP contribution is -2.45. The fourth-order valence-electron chi connectivity index (χ4n) is 3.06. The van der Waals surface area contributed by atoms with Crippen LogP contribution in [-0.2, 0) is 4.79 Å². The fraction of sp³-hybridized carbons (Fsp3) is 0.300. The topological polar surface area (TPSA) is 61.4 Å². The van der Waals surface area contributed by atoms with Crippen molar-refractivity contribution in [2.75, 3.05) is 23.7 Å². The molecule has 0 aromatic heterocycles. The fourth-order valence-corrected chi connectivity index (χ4v) is 3.24. The number of nitrogens with zero attached hydrogens (tertiary/aromatic N) is 1. The van der Waals surface area contributed by atoms with Crippen LogP contribution in [-0.4, -0.2) is 29.9 Å². The largest absolute Gasteiger partial charge is 0.325 e. The summed E-state index contributed by atoms with van der Waals surface area (Å²) in [5.74, 6) is -0.309. The molecule has 6 heteroatoms. The Labute approximate surface area is 158 Å². The highest BCUT2D eigenvalue weighted by Crippen LogP contribution is 2.23. The van der Waals surface area contributed by atoms with Crippen LogP contribution < -0.4 is 10.6 Å². The van der Waals surface area contributed by atoms with Gasteiger partial charge in [-0.05, 0) is 49.6 Å². The Bertz CT molecular complexity index is 795. The van der Waals surface area contributed by atoms with Crippen molar-refractivity contribution < 1.29 is 9.59 Å². The van der Waals surface area contributed by atoms with Crippen molar-refractivity contribution >= 4 is 34.9 Å². The number of hydrogen-bond donors (Lipinski definition) is 2. The standard InChI is InChI=1S/C20H22ClN3O2/c1-14-9-10-16(21)12-18(14)23-19(25)15-6-5-11-24(13-15)20(26)22-17-7-3-2-4-8-17/h2-4,7-10,12,15H,5-6,11,13H2,1H3,(H,22,26)(H,23,25)/t15-/m0/s1. The predicted octanol–water partition coefficient (Wildman–Crippen LogP) is 4.53. The molecule has 1 heterocycles. The molecule has 0 spiro atoms. The van der Waals surface area contributed by atoms with E-state index < -0.39 is 0 Å². The number of halogens is 1. The number of benzene rings is 2. The number of carbonyl (C=O) groups excluding carboxylic acids is 2. The van der Waals surface area contributed by atoms with Crippen molar-refractivity contribution in [1.82, 2.24) is 4.90 Å². The summed E-state index contributed by atoms with van der Waals surface area (Å²) in [4.78, 5) is 26.8. The first-order valence-corrected chi connectivity index (χ1v) is 9.09. The van der Waals surface area contributed by atoms with Gasteiger partial charge in [0, 0.05) is 29.5 Å². The predicted molar refractivity (Wildman–Crippen MR) is 105 cm³/mol. The van der Waals surface area contributed by atoms with Gasteiger partial charge < -0.3 is 15.5 Å². The number of nitrogens with one attached hydrogen (secondary N) is 2. The van der Waals surface area contributed by atoms with Gasteiger partial charge in [-0.25, -0.2) is 4.79 Å². The zero-order chi connectivity index (χ0) is 18.5. The second-order valence-corrected chi connectivity index (χ2v) is 6.97. The van der Waals surface area contributed by atoms with E-state index in [2.05, 4.69) is 10.6 Å². The number of carbonyl (C=O) groups is 2. The summed E-state index contributed by atoms with van der Waals surface area (Å²) in [7, 11) is 0. The highest BCUT2D eigenvalue weighted by atomic mass is 35.5. The van der Waals surface area contributed by atoms with Gasteiger partial charge in [0.25, 0.3) is 0 Å². The van der Waals surface area contributed by atoms with Crippen LogP contribution in [0.25, 0.3) is 0 Å². The van der Waals surface area contributed by atoms with Gasteiger partial charge in [-0.1, -0.05) is 35.9 Å². The maximum atomic E-state index is 12.6. The number of piperidine rings is 1. The third-order valence-corrected chi connectivity index (χ3v) is 4.80. The Hall–Kier alpha value is -2.53. The molecule has 0 saturated carbocycles. The van der Waals surface area contributed by atoms with E-state index in [4.69, 9.17) is 11.6 Å². The smallest absolute Gasteiger partial charge is 0.321 e. The Morgan fingerprint density at radius 1 is 1.12 bits per heavy atom. The molecule has 0 unspecified atom stereocenters. The number of likely N-dealkylation sites (tertiary alicyclic amines) is 1. The highest BCUT2D eigenvalue weighted by Gasteiger charge is 2.28. The van der Waals surface area contributed by atoms with Crippen LogP contribution in [0.1, 0.15) is 18.4 Å². The van der Waals surface area contributed by atoms with Crippen LogP contribution >= 0.6 is 11.6 Å². The van der Waals surface area contributed by atoms with Gasteiger partial charge >= 0.3 is 6.03 Å². The molecule has 3 amide bonds. The summed E-state index contributed by atoms with van der Waals surface area (Å²) in [6.07, 6.45) is 1.56. The minimum atomic E-state index is -0.233. The minimum absolute atomic E-state index is 0.0763. The molecule has 5 nitrogen and oxygen atoms in total. The van der Waals surface area contributed by atoms with Gasteiger partial charge in [-0.3, -0.25) is 4.79 Å². The van der Waals surface area contributed by atoms with Crippen molar-refractivity contribution in [2.24, 2.45) is 5.92 Å². The summed E-state index contributed by atoms with van der Waals surface area (Å²) in [5.41, 5.74) is 2.42. The molecule has 2 aromatic rings. The summed E-state index contributed by atoms with van der Waals surface area (Å²) < 4.78 is 0. The van der Waals surface area contributed by atoms with Crippen LogP contribution in [0.4, 0.5) is 16.2 Å². The van der Waals surface area contributed by atoms with Crippen LogP contribution in [0.5, 0.6) is 0 Å². The van der Waals surface area contributed by atoms with E-state index >= 15 is 0 Å². The second kappa shape index (κ2) is 8.23. The zero-order valence-electron chi connectivity index (χ0n) is 14.7. The van der Waals surface area contributed by atoms with E-state index in [9.17, 15) is 9.59 Å². The van der Waals surface area contributed by atoms with Crippen molar-refractivity contribution in [1.29, 1.82) is 0 Å². The van der Waals surface area contributed by atoms with Crippen LogP contribution in [0.3, 0.4) is 0 Å². The third kappa shape index (κ3) is 4.55. The first kappa shape index (κ1) is 18.3. The number of anilines is 2. The lowest BCUT2D eigenvalue weighted by molar-refractivity contribution is -0.121. The Kier molecular flexibility index (Phi) is 5.78. The van der Waals surface area contributed by atoms with E-state index in [0.29, 0.717) is 23.8 Å². The Morgan fingerprint density at radius 2 is 1.88 bits per heavy atom. The van der Waals surface area contributed by atoms with Gasteiger partial charge in [-0.15, -0.1) is 0 Å². The van der Waals surface area contributed by atoms with E-state index in [1.54, 1.807) is 17.0 Å². The lowest BCUT2D eigenvalue weighted by Gasteiger charge is -2.32. The molecule has 1 atom stereocenters. The van der Waals surface area contributed by atoms with Gasteiger partial charge in [0.1, 0.15) is 0 Å². The molecule has 26 heavy (non-hydrogen) atoms. The summed E-state index contributed by atoms with van der Waals surface area (Å²) in [5, 5.41) is 6.41. The lowest BCUT2D eigenvalue weighted by atomic mass is 9.97. The Morgan fingerprint density at radius 3 is 2.65 bits per heavy atom. The second-order valence-electron chi connectivity index (χ2n) is 6.53. The van der Waals surface area contributed by atoms with Gasteiger partial charge in [0.2, 0.25) is 5.91 Å². The molecule has 1 fully saturated rings. The molecule has 0 radical (unpaired) electrons. The van der Waals surface area contributed by atoms with E-state index in [1.165, 1.54) is 0 Å². The number of hydrogen-bond acceptors (Lipinski definition) is 2. The van der Waals surface area contributed by atoms with Crippen molar-refractivity contribution in [2.45, 2.75) is 19.8 Å². The average Bonchev–Trinajstić information content (AvgIpc) is 2.65. The average molecular weight is 372 g/mol. The summed E-state index contributed by atoms with van der Waals surface area (Å²) in [6, 6.07) is 14.6. The SMILES string of the molecule is Cc1ccc(Cl)cc1NC(=O)[C@H]1CCCN(C(=O)Nc2ccccc2)C1. The molecule has 1 aliphatic heterocycles. The van der Waals surface area contributed by atoms with Crippen molar-refractivity contribution in [3.63, 3.8) is 0 Å². The maximum Gasteiger partial charge on any atom is 0.321 e. The number of urea groups is 1. The number of aryl methyl sites for hydroxylation is 1. The quantitative estimate of drug-likeness (QED) is 0.832. The van der Waals surface area contributed by atoms with Crippen molar-refractivity contribution in [3.8, 4) is 0 Å². The molecular formula is C20H22ClN3O2. The molecule has 0 bridgehead atoms. The summed E-state index contributed by atoms with van der Waals surface area (Å²) in [6.45, 7) is 2.98. The normalized spacial score (nSPS) is 16.8. The number of amides is 3. The molecule has 3 rings (SSSR count). The molecule has 0 aliphatic carbocycles. The van der Waals surface area contributed by atoms with E-state index in [-0.39, 0.29) is 17.9 Å². The first-order valence-electron chi connectivity index (χ1n) is 8.71. The monoisotopic (exact) mass is 371 g/mol. The molecule has 2 N–H and O–H groups in total. The third-order valence-electron chi connectivity index (χ3n) is 4.56.